The van der Waals surface area contributed by atoms with Crippen molar-refractivity contribution in [2.75, 3.05) is 0 Å². The molecule has 5 heteroatoms. The molecule has 1 rings (SSSR count). The molecule has 0 radical (unpaired) electrons. The zero-order chi connectivity index (χ0) is 9.14. The largest absolute Gasteiger partial charge is 0.251 e. The average molecular weight is 253 g/mol. The van der Waals surface area contributed by atoms with Gasteiger partial charge < -0.3 is 0 Å². The van der Waals surface area contributed by atoms with Gasteiger partial charge in [-0.3, -0.25) is 4.68 Å². The highest BCUT2D eigenvalue weighted by Gasteiger charge is 2.08. The molecule has 0 amide bonds. The first kappa shape index (κ1) is 9.99. The zero-order valence-corrected chi connectivity index (χ0v) is 9.43. The van der Waals surface area contributed by atoms with Crippen LogP contribution in [0.5, 0.6) is 0 Å². The van der Waals surface area contributed by atoms with Gasteiger partial charge in [0.15, 0.2) is 4.60 Å². The van der Waals surface area contributed by atoms with Crippen LogP contribution in [-0.4, -0.2) is 20.4 Å². The van der Waals surface area contributed by atoms with Gasteiger partial charge in [0.1, 0.15) is 0 Å². The Morgan fingerprint density at radius 1 is 1.67 bits per heavy atom. The number of hydrogen-bond acceptors (Lipinski definition) is 2. The molecular formula is C7H11BrClN3. The van der Waals surface area contributed by atoms with Crippen LogP contribution in [0.3, 0.4) is 0 Å². The number of hydrogen-bond donors (Lipinski definition) is 0. The third-order valence-corrected chi connectivity index (χ3v) is 2.51. The summed E-state index contributed by atoms with van der Waals surface area (Å²) in [5.41, 5.74) is 1.10. The fourth-order valence-corrected chi connectivity index (χ4v) is 1.59. The molecular weight excluding hydrogens is 241 g/mol. The van der Waals surface area contributed by atoms with Crippen LogP contribution < -0.4 is 0 Å². The van der Waals surface area contributed by atoms with E-state index in [1.54, 1.807) is 4.68 Å². The molecule has 0 saturated carbocycles. The lowest BCUT2D eigenvalue weighted by Crippen LogP contribution is -2.02. The van der Waals surface area contributed by atoms with Gasteiger partial charge in [0.2, 0.25) is 0 Å². The van der Waals surface area contributed by atoms with Crippen LogP contribution in [0.15, 0.2) is 4.60 Å². The van der Waals surface area contributed by atoms with Crippen molar-refractivity contribution < 1.29 is 0 Å². The molecule has 1 atom stereocenters. The van der Waals surface area contributed by atoms with E-state index in [9.17, 15) is 0 Å². The maximum Gasteiger partial charge on any atom is 0.151 e. The van der Waals surface area contributed by atoms with Crippen molar-refractivity contribution in [3.63, 3.8) is 0 Å². The van der Waals surface area contributed by atoms with Crippen LogP contribution >= 0.6 is 27.5 Å². The highest BCUT2D eigenvalue weighted by Crippen LogP contribution is 2.15. The summed E-state index contributed by atoms with van der Waals surface area (Å²) in [7, 11) is 1.88. The van der Waals surface area contributed by atoms with E-state index < -0.39 is 0 Å². The number of halogens is 2. The van der Waals surface area contributed by atoms with E-state index >= 15 is 0 Å². The van der Waals surface area contributed by atoms with E-state index in [0.29, 0.717) is 0 Å². The molecule has 0 fully saturated rings. The van der Waals surface area contributed by atoms with E-state index in [-0.39, 0.29) is 5.38 Å². The second-order valence-corrected chi connectivity index (χ2v) is 4.27. The van der Waals surface area contributed by atoms with Crippen LogP contribution in [0.4, 0.5) is 0 Å². The molecule has 0 aliphatic heterocycles. The maximum absolute atomic E-state index is 5.83. The van der Waals surface area contributed by atoms with Gasteiger partial charge in [-0.15, -0.1) is 16.7 Å². The first-order valence-corrected chi connectivity index (χ1v) is 5.02. The molecule has 0 spiro atoms. The van der Waals surface area contributed by atoms with Crippen LogP contribution in [0.2, 0.25) is 0 Å². The van der Waals surface area contributed by atoms with Crippen molar-refractivity contribution in [2.45, 2.75) is 25.1 Å². The summed E-state index contributed by atoms with van der Waals surface area (Å²) in [5, 5.41) is 7.95. The topological polar surface area (TPSA) is 30.7 Å². The second kappa shape index (κ2) is 4.23. The summed E-state index contributed by atoms with van der Waals surface area (Å²) < 4.78 is 2.59. The maximum atomic E-state index is 5.83. The molecule has 68 valence electrons. The zero-order valence-electron chi connectivity index (χ0n) is 7.09. The first-order valence-electron chi connectivity index (χ1n) is 3.79. The molecule has 0 bridgehead atoms. The first-order chi connectivity index (χ1) is 5.61. The third-order valence-electron chi connectivity index (χ3n) is 1.67. The summed E-state index contributed by atoms with van der Waals surface area (Å²) in [4.78, 5) is 0. The number of alkyl halides is 1. The Labute approximate surface area is 85.2 Å². The Morgan fingerprint density at radius 3 is 2.75 bits per heavy atom. The Morgan fingerprint density at radius 2 is 2.33 bits per heavy atom. The van der Waals surface area contributed by atoms with E-state index in [2.05, 4.69) is 26.2 Å². The highest BCUT2D eigenvalue weighted by molar-refractivity contribution is 9.10. The van der Waals surface area contributed by atoms with Crippen molar-refractivity contribution in [1.29, 1.82) is 0 Å². The quantitative estimate of drug-likeness (QED) is 0.772. The summed E-state index contributed by atoms with van der Waals surface area (Å²) in [5.74, 6) is 0. The van der Waals surface area contributed by atoms with Gasteiger partial charge in [0.25, 0.3) is 0 Å². The fourth-order valence-electron chi connectivity index (χ4n) is 0.952. The SMILES string of the molecule is CC(Cl)CCc1c(Br)nnn1C. The molecule has 1 unspecified atom stereocenters. The molecule has 3 nitrogen and oxygen atoms in total. The highest BCUT2D eigenvalue weighted by atomic mass is 79.9. The predicted molar refractivity (Wildman–Crippen MR) is 52.3 cm³/mol. The van der Waals surface area contributed by atoms with Gasteiger partial charge in [-0.05, 0) is 35.7 Å². The Hall–Kier alpha value is -0.0900. The minimum absolute atomic E-state index is 0.201. The van der Waals surface area contributed by atoms with E-state index in [1.165, 1.54) is 0 Å². The van der Waals surface area contributed by atoms with Gasteiger partial charge in [-0.2, -0.15) is 0 Å². The second-order valence-electron chi connectivity index (χ2n) is 2.77. The molecule has 1 aromatic heterocycles. The lowest BCUT2D eigenvalue weighted by Gasteiger charge is -2.02. The van der Waals surface area contributed by atoms with Crippen molar-refractivity contribution >= 4 is 27.5 Å². The average Bonchev–Trinajstić information content (AvgIpc) is 2.28. The molecule has 12 heavy (non-hydrogen) atoms. The van der Waals surface area contributed by atoms with Gasteiger partial charge in [0.05, 0.1) is 5.69 Å². The lowest BCUT2D eigenvalue weighted by atomic mass is 10.2. The Kier molecular flexibility index (Phi) is 3.53. The van der Waals surface area contributed by atoms with E-state index in [4.69, 9.17) is 11.6 Å². The van der Waals surface area contributed by atoms with E-state index in [0.717, 1.165) is 23.1 Å². The van der Waals surface area contributed by atoms with Crippen LogP contribution in [0.25, 0.3) is 0 Å². The fraction of sp³-hybridized carbons (Fsp3) is 0.714. The molecule has 0 saturated heterocycles. The molecule has 0 N–H and O–H groups in total. The number of aromatic nitrogens is 3. The van der Waals surface area contributed by atoms with Crippen molar-refractivity contribution in [3.05, 3.63) is 10.3 Å². The third kappa shape index (κ3) is 2.45. The molecule has 0 aromatic carbocycles. The van der Waals surface area contributed by atoms with Crippen LogP contribution in [-0.2, 0) is 13.5 Å². The Balaban J connectivity index is 2.62. The molecule has 1 heterocycles. The van der Waals surface area contributed by atoms with Crippen LogP contribution in [0.1, 0.15) is 19.0 Å². The summed E-state index contributed by atoms with van der Waals surface area (Å²) in [6, 6.07) is 0. The number of rotatable bonds is 3. The standard InChI is InChI=1S/C7H11BrClN3/c1-5(9)3-4-6-7(8)10-11-12(6)2/h5H,3-4H2,1-2H3. The summed E-state index contributed by atoms with van der Waals surface area (Å²) in [6.45, 7) is 1.99. The minimum Gasteiger partial charge on any atom is -0.251 e. The van der Waals surface area contributed by atoms with E-state index in [1.807, 2.05) is 14.0 Å². The summed E-state index contributed by atoms with van der Waals surface area (Å²) in [6.07, 6.45) is 1.86. The van der Waals surface area contributed by atoms with Crippen molar-refractivity contribution in [1.82, 2.24) is 15.0 Å². The van der Waals surface area contributed by atoms with Gasteiger partial charge >= 0.3 is 0 Å². The lowest BCUT2D eigenvalue weighted by molar-refractivity contribution is 0.657. The summed E-state index contributed by atoms with van der Waals surface area (Å²) >= 11 is 9.16. The molecule has 0 aliphatic rings. The van der Waals surface area contributed by atoms with Crippen molar-refractivity contribution in [3.8, 4) is 0 Å². The van der Waals surface area contributed by atoms with Gasteiger partial charge in [-0.1, -0.05) is 5.21 Å². The van der Waals surface area contributed by atoms with Crippen molar-refractivity contribution in [2.24, 2.45) is 7.05 Å². The predicted octanol–water partition coefficient (Wildman–Crippen LogP) is 2.14. The van der Waals surface area contributed by atoms with Crippen LogP contribution in [0, 0.1) is 0 Å². The van der Waals surface area contributed by atoms with Gasteiger partial charge in [-0.25, -0.2) is 0 Å². The Bertz CT molecular complexity index is 240. The molecule has 1 aromatic rings. The number of aryl methyl sites for hydroxylation is 1. The monoisotopic (exact) mass is 251 g/mol. The smallest absolute Gasteiger partial charge is 0.151 e. The normalized spacial score (nSPS) is 13.3. The number of nitrogens with zero attached hydrogens (tertiary/aromatic N) is 3. The minimum atomic E-state index is 0.201. The molecule has 0 aliphatic carbocycles. The van der Waals surface area contributed by atoms with Gasteiger partial charge in [0, 0.05) is 12.4 Å².